The molecule has 0 radical (unpaired) electrons. The van der Waals surface area contributed by atoms with E-state index in [2.05, 4.69) is 4.98 Å². The number of nitrogens with zero attached hydrogens (tertiary/aromatic N) is 3. The van der Waals surface area contributed by atoms with Crippen molar-refractivity contribution in [3.05, 3.63) is 71.2 Å². The van der Waals surface area contributed by atoms with Crippen LogP contribution in [0.2, 0.25) is 0 Å². The van der Waals surface area contributed by atoms with Gasteiger partial charge in [-0.1, -0.05) is 24.3 Å². The quantitative estimate of drug-likeness (QED) is 0.542. The van der Waals surface area contributed by atoms with Crippen molar-refractivity contribution in [3.8, 4) is 11.5 Å². The number of para-hydroxylation sites is 1. The van der Waals surface area contributed by atoms with Crippen LogP contribution < -0.4 is 14.4 Å². The van der Waals surface area contributed by atoms with Crippen LogP contribution in [0.4, 0.5) is 10.8 Å². The van der Waals surface area contributed by atoms with Gasteiger partial charge in [0.15, 0.2) is 16.6 Å². The number of aromatic nitrogens is 1. The van der Waals surface area contributed by atoms with E-state index in [0.29, 0.717) is 28.9 Å². The molecule has 0 spiro atoms. The average Bonchev–Trinajstić information content (AvgIpc) is 3.42. The van der Waals surface area contributed by atoms with E-state index in [4.69, 9.17) is 9.47 Å². The molecule has 0 atom stereocenters. The van der Waals surface area contributed by atoms with Gasteiger partial charge >= 0.3 is 0 Å². The fourth-order valence-electron chi connectivity index (χ4n) is 3.13. The van der Waals surface area contributed by atoms with Gasteiger partial charge in [-0.05, 0) is 35.9 Å². The lowest BCUT2D eigenvalue weighted by Gasteiger charge is -2.17. The molecule has 31 heavy (non-hydrogen) atoms. The van der Waals surface area contributed by atoms with Gasteiger partial charge in [-0.2, -0.15) is 0 Å². The van der Waals surface area contributed by atoms with Gasteiger partial charge in [0.25, 0.3) is 0 Å². The highest BCUT2D eigenvalue weighted by Gasteiger charge is 2.18. The summed E-state index contributed by atoms with van der Waals surface area (Å²) >= 11 is 1.35. The summed E-state index contributed by atoms with van der Waals surface area (Å²) in [6.45, 7) is 2.16. The van der Waals surface area contributed by atoms with E-state index in [1.165, 1.54) is 24.3 Å². The lowest BCUT2D eigenvalue weighted by Crippen LogP contribution is -2.24. The Morgan fingerprint density at radius 2 is 1.90 bits per heavy atom. The Balaban J connectivity index is 1.42. The van der Waals surface area contributed by atoms with Crippen LogP contribution in [-0.2, 0) is 16.1 Å². The van der Waals surface area contributed by atoms with Crippen molar-refractivity contribution < 1.29 is 19.1 Å². The molecule has 4 rings (SSSR count). The summed E-state index contributed by atoms with van der Waals surface area (Å²) in [7, 11) is 1.73. The summed E-state index contributed by atoms with van der Waals surface area (Å²) in [6.07, 6.45) is 3.13. The van der Waals surface area contributed by atoms with E-state index >= 15 is 0 Å². The topological polar surface area (TPSA) is 72.0 Å². The fourth-order valence-corrected chi connectivity index (χ4v) is 3.99. The first-order valence-electron chi connectivity index (χ1n) is 9.64. The largest absolute Gasteiger partial charge is 0.454 e. The van der Waals surface area contributed by atoms with Crippen LogP contribution in [0.15, 0.2) is 60.0 Å². The van der Waals surface area contributed by atoms with E-state index < -0.39 is 0 Å². The Labute approximate surface area is 184 Å². The van der Waals surface area contributed by atoms with Crippen LogP contribution >= 0.6 is 11.3 Å². The van der Waals surface area contributed by atoms with Crippen LogP contribution in [0.3, 0.4) is 0 Å². The maximum absolute atomic E-state index is 12.5. The molecule has 7 nitrogen and oxygen atoms in total. The van der Waals surface area contributed by atoms with Gasteiger partial charge in [-0.15, -0.1) is 11.3 Å². The smallest absolute Gasteiger partial charge is 0.246 e. The van der Waals surface area contributed by atoms with Crippen molar-refractivity contribution in [1.29, 1.82) is 0 Å². The third kappa shape index (κ3) is 4.75. The first-order chi connectivity index (χ1) is 15.0. The van der Waals surface area contributed by atoms with Crippen LogP contribution in [-0.4, -0.2) is 35.5 Å². The van der Waals surface area contributed by atoms with Crippen molar-refractivity contribution >= 4 is 40.0 Å². The molecular formula is C23H21N3O4S. The summed E-state index contributed by atoms with van der Waals surface area (Å²) in [4.78, 5) is 32.3. The minimum Gasteiger partial charge on any atom is -0.454 e. The number of carbonyl (C=O) groups excluding carboxylic acids is 2. The summed E-state index contributed by atoms with van der Waals surface area (Å²) in [5.41, 5.74) is 2.32. The number of anilines is 2. The standard InChI is InChI=1S/C23H21N3O4S/c1-16(27)26(19-6-4-3-5-7-19)23-24-18(14-31-23)9-11-22(28)25(2)13-17-8-10-20-21(12-17)30-15-29-20/h3-12,14H,13,15H2,1-2H3. The zero-order valence-corrected chi connectivity index (χ0v) is 18.0. The predicted molar refractivity (Wildman–Crippen MR) is 119 cm³/mol. The molecule has 8 heteroatoms. The molecule has 0 N–H and O–H groups in total. The van der Waals surface area contributed by atoms with Gasteiger partial charge in [0.2, 0.25) is 18.6 Å². The second-order valence-electron chi connectivity index (χ2n) is 6.96. The lowest BCUT2D eigenvalue weighted by atomic mass is 10.2. The zero-order chi connectivity index (χ0) is 21.8. The molecule has 2 aromatic carbocycles. The molecule has 158 valence electrons. The number of rotatable bonds is 6. The molecule has 3 aromatic rings. The molecular weight excluding hydrogens is 414 g/mol. The third-order valence-corrected chi connectivity index (χ3v) is 5.50. The zero-order valence-electron chi connectivity index (χ0n) is 17.1. The van der Waals surface area contributed by atoms with Gasteiger partial charge in [0.1, 0.15) is 0 Å². The average molecular weight is 436 g/mol. The number of likely N-dealkylation sites (N-methyl/N-ethyl adjacent to an activating group) is 1. The SMILES string of the molecule is CC(=O)N(c1ccccc1)c1nc(C=CC(=O)N(C)Cc2ccc3c(c2)OCO3)cs1. The summed E-state index contributed by atoms with van der Waals surface area (Å²) in [6, 6.07) is 15.0. The Morgan fingerprint density at radius 1 is 1.13 bits per heavy atom. The van der Waals surface area contributed by atoms with Gasteiger partial charge in [-0.25, -0.2) is 4.98 Å². The van der Waals surface area contributed by atoms with Gasteiger partial charge < -0.3 is 14.4 Å². The van der Waals surface area contributed by atoms with E-state index in [-0.39, 0.29) is 18.6 Å². The number of thiazole rings is 1. The highest BCUT2D eigenvalue weighted by atomic mass is 32.1. The van der Waals surface area contributed by atoms with Gasteiger partial charge in [-0.3, -0.25) is 14.5 Å². The molecule has 0 bridgehead atoms. The summed E-state index contributed by atoms with van der Waals surface area (Å²) in [5, 5.41) is 2.37. The first-order valence-corrected chi connectivity index (χ1v) is 10.5. The molecule has 0 unspecified atom stereocenters. The molecule has 2 heterocycles. The van der Waals surface area contributed by atoms with Crippen LogP contribution in [0.25, 0.3) is 6.08 Å². The van der Waals surface area contributed by atoms with Crippen molar-refractivity contribution in [1.82, 2.24) is 9.88 Å². The fraction of sp³-hybridized carbons (Fsp3) is 0.174. The van der Waals surface area contributed by atoms with Crippen molar-refractivity contribution in [2.75, 3.05) is 18.7 Å². The second kappa shape index (κ2) is 9.01. The highest BCUT2D eigenvalue weighted by molar-refractivity contribution is 7.14. The van der Waals surface area contributed by atoms with E-state index in [1.807, 2.05) is 53.9 Å². The number of hydrogen-bond acceptors (Lipinski definition) is 6. The van der Waals surface area contributed by atoms with Crippen molar-refractivity contribution in [3.63, 3.8) is 0 Å². The highest BCUT2D eigenvalue weighted by Crippen LogP contribution is 2.33. The molecule has 0 fully saturated rings. The molecule has 2 amide bonds. The predicted octanol–water partition coefficient (Wildman–Crippen LogP) is 4.23. The molecule has 1 aliphatic heterocycles. The second-order valence-corrected chi connectivity index (χ2v) is 7.80. The third-order valence-electron chi connectivity index (χ3n) is 4.66. The Kier molecular flexibility index (Phi) is 5.99. The number of hydrogen-bond donors (Lipinski definition) is 0. The molecule has 1 aromatic heterocycles. The number of fused-ring (bicyclic) bond motifs is 1. The number of ether oxygens (including phenoxy) is 2. The molecule has 0 saturated heterocycles. The molecule has 1 aliphatic rings. The number of carbonyl (C=O) groups is 2. The Bertz CT molecular complexity index is 1130. The van der Waals surface area contributed by atoms with Crippen LogP contribution in [0.1, 0.15) is 18.2 Å². The molecule has 0 aliphatic carbocycles. The maximum atomic E-state index is 12.5. The van der Waals surface area contributed by atoms with E-state index in [0.717, 1.165) is 11.3 Å². The number of benzene rings is 2. The number of amides is 2. The van der Waals surface area contributed by atoms with E-state index in [1.54, 1.807) is 22.9 Å². The minimum absolute atomic E-state index is 0.129. The van der Waals surface area contributed by atoms with Crippen molar-refractivity contribution in [2.24, 2.45) is 0 Å². The summed E-state index contributed by atoms with van der Waals surface area (Å²) < 4.78 is 10.7. The van der Waals surface area contributed by atoms with Gasteiger partial charge in [0, 0.05) is 32.0 Å². The first kappa shape index (κ1) is 20.6. The minimum atomic E-state index is -0.154. The van der Waals surface area contributed by atoms with E-state index in [9.17, 15) is 9.59 Å². The van der Waals surface area contributed by atoms with Crippen molar-refractivity contribution in [2.45, 2.75) is 13.5 Å². The normalized spacial score (nSPS) is 12.2. The maximum Gasteiger partial charge on any atom is 0.246 e. The molecule has 0 saturated carbocycles. The lowest BCUT2D eigenvalue weighted by molar-refractivity contribution is -0.125. The van der Waals surface area contributed by atoms with Crippen LogP contribution in [0.5, 0.6) is 11.5 Å². The van der Waals surface area contributed by atoms with Crippen LogP contribution in [0, 0.1) is 0 Å². The monoisotopic (exact) mass is 435 g/mol. The summed E-state index contributed by atoms with van der Waals surface area (Å²) in [5.74, 6) is 1.12. The Hall–Kier alpha value is -3.65. The Morgan fingerprint density at radius 3 is 2.68 bits per heavy atom. The van der Waals surface area contributed by atoms with Gasteiger partial charge in [0.05, 0.1) is 11.4 Å².